The van der Waals surface area contributed by atoms with Crippen LogP contribution in [0, 0.1) is 0 Å². The third kappa shape index (κ3) is 3.16. The maximum Gasteiger partial charge on any atom is 0.245 e. The van der Waals surface area contributed by atoms with E-state index in [0.29, 0.717) is 21.1 Å². The van der Waals surface area contributed by atoms with Gasteiger partial charge in [-0.3, -0.25) is 0 Å². The van der Waals surface area contributed by atoms with Gasteiger partial charge in [0, 0.05) is 30.6 Å². The molecule has 1 aromatic rings. The molecular weight excluding hydrogens is 372 g/mol. The van der Waals surface area contributed by atoms with E-state index in [0.717, 1.165) is 18.0 Å². The first-order valence-corrected chi connectivity index (χ1v) is 9.49. The minimum absolute atomic E-state index is 0.0185. The molecule has 0 N–H and O–H groups in total. The molecule has 2 heterocycles. The first-order chi connectivity index (χ1) is 8.86. The van der Waals surface area contributed by atoms with Crippen LogP contribution in [0.15, 0.2) is 14.7 Å². The quantitative estimate of drug-likeness (QED) is 0.749. The summed E-state index contributed by atoms with van der Waals surface area (Å²) in [6, 6.07) is 1.65. The SMILES string of the molecule is CC1CN(C)CCN1S(=O)(=O)c1cc(CCl)sc1Br. The number of hydrogen-bond acceptors (Lipinski definition) is 4. The second-order valence-electron chi connectivity index (χ2n) is 4.71. The molecule has 0 saturated carbocycles. The lowest BCUT2D eigenvalue weighted by molar-refractivity contribution is 0.170. The molecular formula is C11H16BrClN2O2S2. The molecule has 19 heavy (non-hydrogen) atoms. The predicted molar refractivity (Wildman–Crippen MR) is 82.4 cm³/mol. The summed E-state index contributed by atoms with van der Waals surface area (Å²) in [5.41, 5.74) is 0. The van der Waals surface area contributed by atoms with Crippen LogP contribution in [0.2, 0.25) is 0 Å². The Bertz CT molecular complexity index is 561. The van der Waals surface area contributed by atoms with Gasteiger partial charge in [-0.1, -0.05) is 0 Å². The van der Waals surface area contributed by atoms with Crippen molar-refractivity contribution in [3.63, 3.8) is 0 Å². The third-order valence-electron chi connectivity index (χ3n) is 3.19. The number of piperazine rings is 1. The van der Waals surface area contributed by atoms with Gasteiger partial charge in [0.05, 0.1) is 9.67 Å². The Balaban J connectivity index is 2.34. The molecule has 0 radical (unpaired) electrons. The first kappa shape index (κ1) is 15.7. The number of nitrogens with zero attached hydrogens (tertiary/aromatic N) is 2. The summed E-state index contributed by atoms with van der Waals surface area (Å²) in [6.45, 7) is 3.98. The van der Waals surface area contributed by atoms with E-state index in [1.807, 2.05) is 14.0 Å². The zero-order valence-corrected chi connectivity index (χ0v) is 14.7. The molecule has 1 unspecified atom stereocenters. The molecule has 4 nitrogen and oxygen atoms in total. The van der Waals surface area contributed by atoms with E-state index in [9.17, 15) is 8.42 Å². The van der Waals surface area contributed by atoms with Crippen molar-refractivity contribution in [2.75, 3.05) is 26.7 Å². The van der Waals surface area contributed by atoms with Crippen LogP contribution in [0.1, 0.15) is 11.8 Å². The summed E-state index contributed by atoms with van der Waals surface area (Å²) >= 11 is 10.5. The highest BCUT2D eigenvalue weighted by Gasteiger charge is 2.34. The lowest BCUT2D eigenvalue weighted by Gasteiger charge is -2.37. The number of thiophene rings is 1. The van der Waals surface area contributed by atoms with Gasteiger partial charge in [0.25, 0.3) is 0 Å². The van der Waals surface area contributed by atoms with Crippen LogP contribution in [-0.4, -0.2) is 50.3 Å². The summed E-state index contributed by atoms with van der Waals surface area (Å²) < 4.78 is 27.6. The van der Waals surface area contributed by atoms with Crippen molar-refractivity contribution in [2.45, 2.75) is 23.7 Å². The Kier molecular flexibility index (Phi) is 4.96. The zero-order valence-electron chi connectivity index (χ0n) is 10.8. The Morgan fingerprint density at radius 3 is 2.74 bits per heavy atom. The van der Waals surface area contributed by atoms with Gasteiger partial charge in [-0.05, 0) is 36.0 Å². The van der Waals surface area contributed by atoms with Crippen molar-refractivity contribution in [3.8, 4) is 0 Å². The van der Waals surface area contributed by atoms with Crippen molar-refractivity contribution in [2.24, 2.45) is 0 Å². The Hall–Kier alpha value is 0.340. The maximum atomic E-state index is 12.7. The van der Waals surface area contributed by atoms with Crippen molar-refractivity contribution in [1.82, 2.24) is 9.21 Å². The van der Waals surface area contributed by atoms with Crippen LogP contribution in [0.5, 0.6) is 0 Å². The summed E-state index contributed by atoms with van der Waals surface area (Å²) in [4.78, 5) is 3.34. The second kappa shape index (κ2) is 5.99. The van der Waals surface area contributed by atoms with Gasteiger partial charge in [0.15, 0.2) is 0 Å². The number of alkyl halides is 1. The number of likely N-dealkylation sites (N-methyl/N-ethyl adjacent to an activating group) is 1. The van der Waals surface area contributed by atoms with Crippen LogP contribution in [0.3, 0.4) is 0 Å². The maximum absolute atomic E-state index is 12.7. The van der Waals surface area contributed by atoms with Gasteiger partial charge in [-0.2, -0.15) is 4.31 Å². The van der Waals surface area contributed by atoms with E-state index in [-0.39, 0.29) is 6.04 Å². The summed E-state index contributed by atoms with van der Waals surface area (Å²) in [6.07, 6.45) is 0. The highest BCUT2D eigenvalue weighted by molar-refractivity contribution is 9.11. The fourth-order valence-electron chi connectivity index (χ4n) is 2.25. The fraction of sp³-hybridized carbons (Fsp3) is 0.636. The second-order valence-corrected chi connectivity index (χ2v) is 9.29. The van der Waals surface area contributed by atoms with E-state index in [1.165, 1.54) is 11.3 Å². The molecule has 1 saturated heterocycles. The number of hydrogen-bond donors (Lipinski definition) is 0. The van der Waals surface area contributed by atoms with E-state index < -0.39 is 10.0 Å². The molecule has 0 aromatic carbocycles. The normalized spacial score (nSPS) is 22.8. The van der Waals surface area contributed by atoms with Gasteiger partial charge < -0.3 is 4.90 Å². The van der Waals surface area contributed by atoms with Gasteiger partial charge >= 0.3 is 0 Å². The Morgan fingerprint density at radius 1 is 1.53 bits per heavy atom. The average molecular weight is 388 g/mol. The molecule has 1 aliphatic heterocycles. The third-order valence-corrected chi connectivity index (χ3v) is 7.91. The van der Waals surface area contributed by atoms with Gasteiger partial charge in [-0.25, -0.2) is 8.42 Å². The number of halogens is 2. The minimum atomic E-state index is -3.44. The molecule has 1 aliphatic rings. The molecule has 8 heteroatoms. The molecule has 0 bridgehead atoms. The molecule has 2 rings (SSSR count). The van der Waals surface area contributed by atoms with Crippen molar-refractivity contribution >= 4 is 48.9 Å². The largest absolute Gasteiger partial charge is 0.303 e. The van der Waals surface area contributed by atoms with Gasteiger partial charge in [0.2, 0.25) is 10.0 Å². The molecule has 0 amide bonds. The monoisotopic (exact) mass is 386 g/mol. The van der Waals surface area contributed by atoms with E-state index in [2.05, 4.69) is 20.8 Å². The lowest BCUT2D eigenvalue weighted by atomic mass is 10.2. The summed E-state index contributed by atoms with van der Waals surface area (Å²) in [5, 5.41) is 0. The lowest BCUT2D eigenvalue weighted by Crippen LogP contribution is -2.52. The minimum Gasteiger partial charge on any atom is -0.303 e. The van der Waals surface area contributed by atoms with Crippen LogP contribution in [0.4, 0.5) is 0 Å². The molecule has 1 aromatic heterocycles. The van der Waals surface area contributed by atoms with E-state index >= 15 is 0 Å². The highest BCUT2D eigenvalue weighted by atomic mass is 79.9. The average Bonchev–Trinajstić information content (AvgIpc) is 2.70. The van der Waals surface area contributed by atoms with Crippen LogP contribution >= 0.6 is 38.9 Å². The molecule has 0 aliphatic carbocycles. The fourth-order valence-corrected chi connectivity index (χ4v) is 6.58. The van der Waals surface area contributed by atoms with Crippen LogP contribution in [-0.2, 0) is 15.9 Å². The van der Waals surface area contributed by atoms with Gasteiger partial charge in [0.1, 0.15) is 4.90 Å². The van der Waals surface area contributed by atoms with Crippen molar-refractivity contribution in [3.05, 3.63) is 14.7 Å². The molecule has 1 fully saturated rings. The standard InChI is InChI=1S/C11H16BrClN2O2S2/c1-8-7-14(2)3-4-15(8)19(16,17)10-5-9(6-13)18-11(10)12/h5,8H,3-4,6-7H2,1-2H3. The first-order valence-electron chi connectivity index (χ1n) is 5.91. The van der Waals surface area contributed by atoms with E-state index in [4.69, 9.17) is 11.6 Å². The smallest absolute Gasteiger partial charge is 0.245 e. The number of rotatable bonds is 3. The number of sulfonamides is 1. The molecule has 0 spiro atoms. The summed E-state index contributed by atoms with van der Waals surface area (Å²) in [5.74, 6) is 0.330. The van der Waals surface area contributed by atoms with Crippen molar-refractivity contribution in [1.29, 1.82) is 0 Å². The van der Waals surface area contributed by atoms with Crippen molar-refractivity contribution < 1.29 is 8.42 Å². The highest BCUT2D eigenvalue weighted by Crippen LogP contribution is 2.35. The zero-order chi connectivity index (χ0) is 14.2. The Labute approximate surface area is 131 Å². The van der Waals surface area contributed by atoms with Crippen LogP contribution < -0.4 is 0 Å². The van der Waals surface area contributed by atoms with Gasteiger partial charge in [-0.15, -0.1) is 22.9 Å². The predicted octanol–water partition coefficient (Wildman–Crippen LogP) is 2.57. The summed E-state index contributed by atoms with van der Waals surface area (Å²) in [7, 11) is -1.44. The molecule has 1 atom stereocenters. The topological polar surface area (TPSA) is 40.6 Å². The Morgan fingerprint density at radius 2 is 2.21 bits per heavy atom. The van der Waals surface area contributed by atoms with Crippen LogP contribution in [0.25, 0.3) is 0 Å². The van der Waals surface area contributed by atoms with E-state index in [1.54, 1.807) is 10.4 Å². The molecule has 108 valence electrons.